The van der Waals surface area contributed by atoms with Crippen LogP contribution >= 0.6 is 0 Å². The van der Waals surface area contributed by atoms with Crippen LogP contribution in [0.15, 0.2) is 0 Å². The zero-order valence-corrected chi connectivity index (χ0v) is 12.0. The first kappa shape index (κ1) is 18.9. The predicted octanol–water partition coefficient (Wildman–Crippen LogP) is -5.40. The van der Waals surface area contributed by atoms with Gasteiger partial charge in [0.1, 0.15) is 42.7 Å². The van der Waals surface area contributed by atoms with Gasteiger partial charge in [-0.1, -0.05) is 0 Å². The van der Waals surface area contributed by atoms with Crippen LogP contribution in [0.3, 0.4) is 0 Å². The molecule has 23 heavy (non-hydrogen) atoms. The number of aliphatic hydroxyl groups excluding tert-OH is 7. The molecule has 0 bridgehead atoms. The van der Waals surface area contributed by atoms with Crippen LogP contribution in [0.1, 0.15) is 0 Å². The van der Waals surface area contributed by atoms with E-state index in [0.717, 1.165) is 0 Å². The first-order chi connectivity index (χ1) is 10.7. The summed E-state index contributed by atoms with van der Waals surface area (Å²) in [7, 11) is 0. The van der Waals surface area contributed by atoms with Crippen molar-refractivity contribution in [1.29, 1.82) is 0 Å². The van der Waals surface area contributed by atoms with Gasteiger partial charge in [0, 0.05) is 0 Å². The lowest BCUT2D eigenvalue weighted by atomic mass is 9.99. The van der Waals surface area contributed by atoms with E-state index in [1.807, 2.05) is 0 Å². The molecule has 0 saturated carbocycles. The summed E-state index contributed by atoms with van der Waals surface area (Å²) in [5, 5.41) is 76.1. The predicted molar refractivity (Wildman–Crippen MR) is 68.6 cm³/mol. The summed E-state index contributed by atoms with van der Waals surface area (Å²) in [6.45, 7) is -2.05. The Morgan fingerprint density at radius 2 is 1.52 bits per heavy atom. The molecule has 0 radical (unpaired) electrons. The molecule has 9 atom stereocenters. The van der Waals surface area contributed by atoms with Gasteiger partial charge < -0.3 is 55.1 Å². The normalized spacial score (nSPS) is 51.1. The molecule has 136 valence electrons. The van der Waals surface area contributed by atoms with Crippen molar-refractivity contribution in [2.75, 3.05) is 19.8 Å². The van der Waals surface area contributed by atoms with Crippen LogP contribution in [0, 0.1) is 0 Å². The third-order valence-corrected chi connectivity index (χ3v) is 4.02. The fraction of sp³-hybridized carbons (Fsp3) is 1.00. The van der Waals surface area contributed by atoms with Gasteiger partial charge in [-0.3, -0.25) is 0 Å². The van der Waals surface area contributed by atoms with Gasteiger partial charge in [0.05, 0.1) is 19.8 Å². The molecule has 11 nitrogen and oxygen atoms in total. The number of hydrogen-bond acceptors (Lipinski definition) is 11. The van der Waals surface area contributed by atoms with Crippen LogP contribution in [-0.4, -0.2) is 115 Å². The Labute approximate surface area is 130 Å². The van der Waals surface area contributed by atoms with E-state index in [1.54, 1.807) is 0 Å². The third kappa shape index (κ3) is 3.50. The average molecular weight is 342 g/mol. The number of ether oxygens (including phenoxy) is 3. The first-order valence-corrected chi connectivity index (χ1v) is 7.04. The summed E-state index contributed by atoms with van der Waals surface area (Å²) in [6.07, 6.45) is -12.0. The van der Waals surface area contributed by atoms with Crippen molar-refractivity contribution in [3.8, 4) is 0 Å². The molecule has 0 aromatic heterocycles. The third-order valence-electron chi connectivity index (χ3n) is 4.02. The van der Waals surface area contributed by atoms with Crippen molar-refractivity contribution < 1.29 is 55.1 Å². The van der Waals surface area contributed by atoms with Gasteiger partial charge in [-0.15, -0.1) is 0 Å². The summed E-state index contributed by atoms with van der Waals surface area (Å²) in [6, 6.07) is 0. The van der Waals surface area contributed by atoms with Crippen LogP contribution in [0.5, 0.6) is 0 Å². The SMILES string of the molecule is OCC1O[C@H](OC[C@H]2O[C@@](O)(CO)C(O)[C@H]2O)C(O)[C@@H](O)[C@@H]1O. The minimum atomic E-state index is -2.34. The Bertz CT molecular complexity index is 393. The molecule has 0 aliphatic carbocycles. The number of rotatable bonds is 5. The summed E-state index contributed by atoms with van der Waals surface area (Å²) < 4.78 is 15.2. The number of aliphatic hydroxyl groups is 8. The smallest absolute Gasteiger partial charge is 0.219 e. The van der Waals surface area contributed by atoms with E-state index in [9.17, 15) is 30.6 Å². The van der Waals surface area contributed by atoms with Crippen LogP contribution in [0.25, 0.3) is 0 Å². The summed E-state index contributed by atoms with van der Waals surface area (Å²) >= 11 is 0. The molecule has 0 aromatic carbocycles. The molecule has 11 heteroatoms. The van der Waals surface area contributed by atoms with E-state index in [4.69, 9.17) is 24.4 Å². The van der Waals surface area contributed by atoms with E-state index in [-0.39, 0.29) is 0 Å². The van der Waals surface area contributed by atoms with Crippen LogP contribution in [-0.2, 0) is 14.2 Å². The quantitative estimate of drug-likeness (QED) is 0.238. The maximum Gasteiger partial charge on any atom is 0.219 e. The van der Waals surface area contributed by atoms with Crippen LogP contribution in [0.4, 0.5) is 0 Å². The second-order valence-corrected chi connectivity index (χ2v) is 5.63. The fourth-order valence-corrected chi connectivity index (χ4v) is 2.53. The Balaban J connectivity index is 1.95. The molecule has 3 unspecified atom stereocenters. The van der Waals surface area contributed by atoms with Crippen molar-refractivity contribution in [2.24, 2.45) is 0 Å². The second-order valence-electron chi connectivity index (χ2n) is 5.63. The minimum Gasteiger partial charge on any atom is -0.394 e. The standard InChI is InChI=1S/C12H22O11/c13-1-4-6(15)8(17)9(18)11(22-4)21-2-5-7(16)10(19)12(20,3-14)23-5/h4-11,13-20H,1-3H2/t4?,5-,6-,7+,8+,9?,10?,11+,12+/m1/s1. The molecular weight excluding hydrogens is 320 g/mol. The van der Waals surface area contributed by atoms with Crippen molar-refractivity contribution in [2.45, 2.75) is 54.8 Å². The van der Waals surface area contributed by atoms with E-state index in [1.165, 1.54) is 0 Å². The molecule has 2 saturated heterocycles. The lowest BCUT2D eigenvalue weighted by Crippen LogP contribution is -2.59. The molecule has 2 rings (SSSR count). The minimum absolute atomic E-state index is 0.469. The van der Waals surface area contributed by atoms with Gasteiger partial charge in [-0.2, -0.15) is 0 Å². The molecule has 2 fully saturated rings. The van der Waals surface area contributed by atoms with E-state index in [0.29, 0.717) is 0 Å². The van der Waals surface area contributed by atoms with Gasteiger partial charge >= 0.3 is 0 Å². The molecule has 2 aliphatic heterocycles. The Morgan fingerprint density at radius 1 is 0.870 bits per heavy atom. The summed E-state index contributed by atoms with van der Waals surface area (Å²) in [5.74, 6) is -2.34. The lowest BCUT2D eigenvalue weighted by molar-refractivity contribution is -0.310. The van der Waals surface area contributed by atoms with Gasteiger partial charge in [-0.05, 0) is 0 Å². The highest BCUT2D eigenvalue weighted by atomic mass is 16.7. The summed E-state index contributed by atoms with van der Waals surface area (Å²) in [5.41, 5.74) is 0. The largest absolute Gasteiger partial charge is 0.394 e. The maximum absolute atomic E-state index is 9.78. The van der Waals surface area contributed by atoms with Crippen molar-refractivity contribution >= 4 is 0 Å². The fourth-order valence-electron chi connectivity index (χ4n) is 2.53. The van der Waals surface area contributed by atoms with Crippen molar-refractivity contribution in [3.63, 3.8) is 0 Å². The van der Waals surface area contributed by atoms with Crippen molar-refractivity contribution in [3.05, 3.63) is 0 Å². The average Bonchev–Trinajstić information content (AvgIpc) is 2.77. The molecule has 2 aliphatic rings. The zero-order valence-electron chi connectivity index (χ0n) is 12.0. The first-order valence-electron chi connectivity index (χ1n) is 7.04. The van der Waals surface area contributed by atoms with Crippen molar-refractivity contribution in [1.82, 2.24) is 0 Å². The highest BCUT2D eigenvalue weighted by Crippen LogP contribution is 2.30. The van der Waals surface area contributed by atoms with Gasteiger partial charge in [0.25, 0.3) is 0 Å². The Morgan fingerprint density at radius 3 is 2.04 bits per heavy atom. The summed E-state index contributed by atoms with van der Waals surface area (Å²) in [4.78, 5) is 0. The molecule has 0 amide bonds. The van der Waals surface area contributed by atoms with Gasteiger partial charge in [0.2, 0.25) is 5.79 Å². The van der Waals surface area contributed by atoms with E-state index in [2.05, 4.69) is 0 Å². The van der Waals surface area contributed by atoms with Crippen LogP contribution in [0.2, 0.25) is 0 Å². The highest BCUT2D eigenvalue weighted by Gasteiger charge is 2.53. The van der Waals surface area contributed by atoms with Gasteiger partial charge in [0.15, 0.2) is 6.29 Å². The van der Waals surface area contributed by atoms with E-state index >= 15 is 0 Å². The molecule has 8 N–H and O–H groups in total. The lowest BCUT2D eigenvalue weighted by Gasteiger charge is -2.39. The topological polar surface area (TPSA) is 190 Å². The highest BCUT2D eigenvalue weighted by molar-refractivity contribution is 4.95. The van der Waals surface area contributed by atoms with E-state index < -0.39 is 74.6 Å². The molecular formula is C12H22O11. The Kier molecular flexibility index (Phi) is 5.92. The second kappa shape index (κ2) is 7.21. The maximum atomic E-state index is 9.78. The number of hydrogen-bond donors (Lipinski definition) is 8. The monoisotopic (exact) mass is 342 g/mol. The van der Waals surface area contributed by atoms with Crippen LogP contribution < -0.4 is 0 Å². The van der Waals surface area contributed by atoms with Gasteiger partial charge in [-0.25, -0.2) is 0 Å². The zero-order chi connectivity index (χ0) is 17.4. The molecule has 0 spiro atoms. The Hall–Kier alpha value is -0.440. The molecule has 0 aromatic rings. The molecule has 2 heterocycles.